The summed E-state index contributed by atoms with van der Waals surface area (Å²) in [6.45, 7) is 3.71. The van der Waals surface area contributed by atoms with Crippen LogP contribution in [0.5, 0.6) is 5.75 Å². The lowest BCUT2D eigenvalue weighted by Crippen LogP contribution is -2.28. The Balaban J connectivity index is 2.38. The topological polar surface area (TPSA) is 46.6 Å². The molecular formula is C13H18BrNO3S. The molecule has 1 aliphatic rings. The summed E-state index contributed by atoms with van der Waals surface area (Å²) >= 11 is 3.33. The molecule has 1 aliphatic heterocycles. The number of ether oxygens (including phenoxy) is 1. The monoisotopic (exact) mass is 347 g/mol. The van der Waals surface area contributed by atoms with Gasteiger partial charge in [-0.05, 0) is 37.5 Å². The van der Waals surface area contributed by atoms with Crippen LogP contribution < -0.4 is 4.74 Å². The molecule has 19 heavy (non-hydrogen) atoms. The summed E-state index contributed by atoms with van der Waals surface area (Å²) < 4.78 is 33.0. The van der Waals surface area contributed by atoms with Gasteiger partial charge in [-0.25, -0.2) is 8.42 Å². The zero-order valence-electron chi connectivity index (χ0n) is 10.9. The van der Waals surface area contributed by atoms with Gasteiger partial charge in [-0.3, -0.25) is 0 Å². The van der Waals surface area contributed by atoms with Crippen LogP contribution in [0.4, 0.5) is 0 Å². The number of nitrogens with zero attached hydrogens (tertiary/aromatic N) is 1. The van der Waals surface area contributed by atoms with E-state index in [0.29, 0.717) is 25.4 Å². The van der Waals surface area contributed by atoms with Crippen molar-refractivity contribution in [2.75, 3.05) is 19.7 Å². The molecule has 1 heterocycles. The smallest absolute Gasteiger partial charge is 0.246 e. The van der Waals surface area contributed by atoms with E-state index in [0.717, 1.165) is 23.7 Å². The number of benzene rings is 1. The van der Waals surface area contributed by atoms with Gasteiger partial charge in [0.1, 0.15) is 10.6 Å². The summed E-state index contributed by atoms with van der Waals surface area (Å²) in [6.07, 6.45) is 2.70. The molecule has 0 radical (unpaired) electrons. The highest BCUT2D eigenvalue weighted by molar-refractivity contribution is 9.10. The molecule has 0 bridgehead atoms. The van der Waals surface area contributed by atoms with E-state index in [-0.39, 0.29) is 4.90 Å². The molecule has 0 saturated carbocycles. The van der Waals surface area contributed by atoms with Gasteiger partial charge < -0.3 is 4.74 Å². The third-order valence-electron chi connectivity index (χ3n) is 3.05. The minimum absolute atomic E-state index is 0.261. The molecule has 1 aromatic carbocycles. The van der Waals surface area contributed by atoms with Gasteiger partial charge in [0.05, 0.1) is 6.61 Å². The molecule has 0 spiro atoms. The zero-order valence-corrected chi connectivity index (χ0v) is 13.3. The summed E-state index contributed by atoms with van der Waals surface area (Å²) in [5.74, 6) is 0.442. The van der Waals surface area contributed by atoms with Crippen LogP contribution in [-0.4, -0.2) is 32.4 Å². The summed E-state index contributed by atoms with van der Waals surface area (Å²) in [6, 6.07) is 5.13. The van der Waals surface area contributed by atoms with E-state index in [9.17, 15) is 8.42 Å². The molecule has 0 aromatic heterocycles. The van der Waals surface area contributed by atoms with Crippen molar-refractivity contribution >= 4 is 26.0 Å². The van der Waals surface area contributed by atoms with Gasteiger partial charge in [-0.2, -0.15) is 4.31 Å². The van der Waals surface area contributed by atoms with Gasteiger partial charge in [0.2, 0.25) is 10.0 Å². The zero-order chi connectivity index (χ0) is 13.9. The van der Waals surface area contributed by atoms with Crippen molar-refractivity contribution in [1.82, 2.24) is 4.31 Å². The molecule has 0 amide bonds. The highest BCUT2D eigenvalue weighted by atomic mass is 79.9. The fourth-order valence-electron chi connectivity index (χ4n) is 2.08. The van der Waals surface area contributed by atoms with E-state index >= 15 is 0 Å². The fraction of sp³-hybridized carbons (Fsp3) is 0.538. The summed E-state index contributed by atoms with van der Waals surface area (Å²) in [7, 11) is -3.44. The van der Waals surface area contributed by atoms with Crippen molar-refractivity contribution in [3.63, 3.8) is 0 Å². The van der Waals surface area contributed by atoms with E-state index in [1.807, 2.05) is 6.92 Å². The molecule has 1 saturated heterocycles. The van der Waals surface area contributed by atoms with E-state index in [1.54, 1.807) is 18.2 Å². The van der Waals surface area contributed by atoms with Crippen molar-refractivity contribution in [2.24, 2.45) is 0 Å². The predicted octanol–water partition coefficient (Wildman–Crippen LogP) is 3.02. The molecule has 0 unspecified atom stereocenters. The van der Waals surface area contributed by atoms with Crippen LogP contribution in [0.3, 0.4) is 0 Å². The van der Waals surface area contributed by atoms with Crippen molar-refractivity contribution in [1.29, 1.82) is 0 Å². The average molecular weight is 348 g/mol. The Bertz CT molecular complexity index is 539. The van der Waals surface area contributed by atoms with Crippen molar-refractivity contribution in [3.8, 4) is 5.75 Å². The Morgan fingerprint density at radius 3 is 2.63 bits per heavy atom. The lowest BCUT2D eigenvalue weighted by Gasteiger charge is -2.18. The molecule has 0 atom stereocenters. The van der Waals surface area contributed by atoms with Crippen LogP contribution in [0.2, 0.25) is 0 Å². The van der Waals surface area contributed by atoms with E-state index in [2.05, 4.69) is 15.9 Å². The van der Waals surface area contributed by atoms with Crippen LogP contribution in [-0.2, 0) is 10.0 Å². The largest absolute Gasteiger partial charge is 0.492 e. The van der Waals surface area contributed by atoms with E-state index in [1.165, 1.54) is 4.31 Å². The molecule has 1 fully saturated rings. The second-order valence-electron chi connectivity index (χ2n) is 4.55. The second kappa shape index (κ2) is 6.24. The maximum Gasteiger partial charge on any atom is 0.246 e. The first-order chi connectivity index (χ1) is 9.05. The first-order valence-corrected chi connectivity index (χ1v) is 8.71. The highest BCUT2D eigenvalue weighted by Gasteiger charge is 2.30. The summed E-state index contributed by atoms with van der Waals surface area (Å²) in [5.41, 5.74) is 0. The predicted molar refractivity (Wildman–Crippen MR) is 77.9 cm³/mol. The van der Waals surface area contributed by atoms with Gasteiger partial charge in [0, 0.05) is 17.6 Å². The minimum Gasteiger partial charge on any atom is -0.492 e. The van der Waals surface area contributed by atoms with Gasteiger partial charge in [-0.1, -0.05) is 22.9 Å². The van der Waals surface area contributed by atoms with Gasteiger partial charge in [0.25, 0.3) is 0 Å². The first-order valence-electron chi connectivity index (χ1n) is 6.48. The van der Waals surface area contributed by atoms with Crippen molar-refractivity contribution < 1.29 is 13.2 Å². The summed E-state index contributed by atoms with van der Waals surface area (Å²) in [4.78, 5) is 0.261. The highest BCUT2D eigenvalue weighted by Crippen LogP contribution is 2.31. The summed E-state index contributed by atoms with van der Waals surface area (Å²) in [5, 5.41) is 0. The molecular weight excluding hydrogens is 330 g/mol. The van der Waals surface area contributed by atoms with Crippen molar-refractivity contribution in [3.05, 3.63) is 22.7 Å². The Labute approximate surface area is 122 Å². The lowest BCUT2D eigenvalue weighted by atomic mass is 10.3. The minimum atomic E-state index is -3.44. The number of rotatable bonds is 5. The Morgan fingerprint density at radius 2 is 2.00 bits per heavy atom. The normalized spacial score (nSPS) is 16.7. The molecule has 6 heteroatoms. The van der Waals surface area contributed by atoms with Crippen LogP contribution in [0.1, 0.15) is 26.2 Å². The first kappa shape index (κ1) is 14.8. The van der Waals surface area contributed by atoms with E-state index < -0.39 is 10.0 Å². The number of hydrogen-bond donors (Lipinski definition) is 0. The quantitative estimate of drug-likeness (QED) is 0.822. The molecule has 1 aromatic rings. The van der Waals surface area contributed by atoms with Crippen LogP contribution in [0, 0.1) is 0 Å². The molecule has 0 aliphatic carbocycles. The van der Waals surface area contributed by atoms with Gasteiger partial charge in [0.15, 0.2) is 0 Å². The number of halogens is 1. The van der Waals surface area contributed by atoms with Crippen LogP contribution >= 0.6 is 15.9 Å². The standard InChI is InChI=1S/C13H18BrNO3S/c1-2-9-18-12-6-5-11(14)10-13(12)19(16,17)15-7-3-4-8-15/h5-6,10H,2-4,7-9H2,1H3. The van der Waals surface area contributed by atoms with Crippen LogP contribution in [0.25, 0.3) is 0 Å². The third-order valence-corrected chi connectivity index (χ3v) is 5.46. The molecule has 4 nitrogen and oxygen atoms in total. The maximum atomic E-state index is 12.6. The molecule has 2 rings (SSSR count). The third kappa shape index (κ3) is 3.30. The molecule has 0 N–H and O–H groups in total. The Hall–Kier alpha value is -0.590. The van der Waals surface area contributed by atoms with Crippen LogP contribution in [0.15, 0.2) is 27.6 Å². The van der Waals surface area contributed by atoms with Gasteiger partial charge in [-0.15, -0.1) is 0 Å². The Kier molecular flexibility index (Phi) is 4.86. The van der Waals surface area contributed by atoms with Crippen molar-refractivity contribution in [2.45, 2.75) is 31.1 Å². The average Bonchev–Trinajstić information content (AvgIpc) is 2.91. The second-order valence-corrected chi connectivity index (χ2v) is 7.37. The SMILES string of the molecule is CCCOc1ccc(Br)cc1S(=O)(=O)N1CCCC1. The molecule has 106 valence electrons. The lowest BCUT2D eigenvalue weighted by molar-refractivity contribution is 0.308. The maximum absolute atomic E-state index is 12.6. The van der Waals surface area contributed by atoms with E-state index in [4.69, 9.17) is 4.74 Å². The van der Waals surface area contributed by atoms with Gasteiger partial charge >= 0.3 is 0 Å². The Morgan fingerprint density at radius 1 is 1.32 bits per heavy atom. The number of hydrogen-bond acceptors (Lipinski definition) is 3. The number of sulfonamides is 1. The fourth-order valence-corrected chi connectivity index (χ4v) is 4.27.